The molecule has 0 aliphatic carbocycles. The number of likely N-dealkylation sites (N-methyl/N-ethyl adjacent to an activating group) is 1. The van der Waals surface area contributed by atoms with E-state index in [4.69, 9.17) is 5.73 Å². The monoisotopic (exact) mass is 355 g/mol. The third kappa shape index (κ3) is 5.00. The van der Waals surface area contributed by atoms with Crippen molar-refractivity contribution in [3.63, 3.8) is 0 Å². The molecule has 0 radical (unpaired) electrons. The Morgan fingerprint density at radius 3 is 2.43 bits per heavy atom. The van der Waals surface area contributed by atoms with Crippen LogP contribution in [0.3, 0.4) is 0 Å². The number of amides is 1. The molecule has 0 fully saturated rings. The zero-order chi connectivity index (χ0) is 16.0. The molecule has 21 heavy (non-hydrogen) atoms. The van der Waals surface area contributed by atoms with Crippen LogP contribution in [0.4, 0.5) is 5.69 Å². The maximum Gasteiger partial charge on any atom is 0.251 e. The van der Waals surface area contributed by atoms with Gasteiger partial charge in [0.1, 0.15) is 0 Å². The molecule has 1 unspecified atom stereocenters. The number of carbonyl (C=O) groups excluding carboxylic acids is 1. The SMILES string of the molecule is CCC(CC)C(CNC(=O)c1ccc(Br)c(N)c1)N(C)C. The number of halogens is 1. The van der Waals surface area contributed by atoms with E-state index in [0.717, 1.165) is 17.3 Å². The molecule has 4 nitrogen and oxygen atoms in total. The number of hydrogen-bond acceptors (Lipinski definition) is 3. The molecule has 0 aliphatic heterocycles. The van der Waals surface area contributed by atoms with Gasteiger partial charge in [-0.05, 0) is 54.1 Å². The molecule has 1 aromatic carbocycles. The largest absolute Gasteiger partial charge is 0.398 e. The molecule has 1 amide bonds. The van der Waals surface area contributed by atoms with Crippen molar-refractivity contribution in [2.75, 3.05) is 26.4 Å². The third-order valence-electron chi connectivity index (χ3n) is 3.99. The highest BCUT2D eigenvalue weighted by atomic mass is 79.9. The summed E-state index contributed by atoms with van der Waals surface area (Å²) in [7, 11) is 4.12. The van der Waals surface area contributed by atoms with Crippen LogP contribution in [0, 0.1) is 5.92 Å². The Labute approximate surface area is 136 Å². The quantitative estimate of drug-likeness (QED) is 0.738. The van der Waals surface area contributed by atoms with Gasteiger partial charge in [-0.2, -0.15) is 0 Å². The second-order valence-electron chi connectivity index (χ2n) is 5.55. The summed E-state index contributed by atoms with van der Waals surface area (Å²) in [6, 6.07) is 5.62. The lowest BCUT2D eigenvalue weighted by Crippen LogP contribution is -2.44. The van der Waals surface area contributed by atoms with E-state index >= 15 is 0 Å². The molecule has 0 saturated carbocycles. The van der Waals surface area contributed by atoms with E-state index < -0.39 is 0 Å². The van der Waals surface area contributed by atoms with Crippen molar-refractivity contribution in [1.29, 1.82) is 0 Å². The van der Waals surface area contributed by atoms with Crippen LogP contribution in [0.1, 0.15) is 37.0 Å². The third-order valence-corrected chi connectivity index (χ3v) is 4.71. The highest BCUT2D eigenvalue weighted by Crippen LogP contribution is 2.20. The van der Waals surface area contributed by atoms with Crippen LogP contribution in [-0.2, 0) is 0 Å². The summed E-state index contributed by atoms with van der Waals surface area (Å²) in [5.74, 6) is 0.502. The van der Waals surface area contributed by atoms with E-state index in [1.165, 1.54) is 0 Å². The minimum absolute atomic E-state index is 0.0768. The lowest BCUT2D eigenvalue weighted by molar-refractivity contribution is 0.0929. The predicted octanol–water partition coefficient (Wildman–Crippen LogP) is 3.13. The van der Waals surface area contributed by atoms with Gasteiger partial charge in [0.2, 0.25) is 0 Å². The van der Waals surface area contributed by atoms with Crippen LogP contribution < -0.4 is 11.1 Å². The van der Waals surface area contributed by atoms with Crippen molar-refractivity contribution < 1.29 is 4.79 Å². The van der Waals surface area contributed by atoms with Crippen molar-refractivity contribution in [3.8, 4) is 0 Å². The first kappa shape index (κ1) is 18.0. The Balaban J connectivity index is 2.71. The van der Waals surface area contributed by atoms with Crippen LogP contribution in [-0.4, -0.2) is 37.5 Å². The van der Waals surface area contributed by atoms with E-state index in [0.29, 0.717) is 29.8 Å². The van der Waals surface area contributed by atoms with Crippen LogP contribution >= 0.6 is 15.9 Å². The van der Waals surface area contributed by atoms with Gasteiger partial charge in [0.05, 0.1) is 0 Å². The Hall–Kier alpha value is -1.07. The fourth-order valence-corrected chi connectivity index (χ4v) is 2.83. The van der Waals surface area contributed by atoms with E-state index in [9.17, 15) is 4.79 Å². The fraction of sp³-hybridized carbons (Fsp3) is 0.562. The highest BCUT2D eigenvalue weighted by Gasteiger charge is 2.21. The van der Waals surface area contributed by atoms with Gasteiger partial charge in [-0.3, -0.25) is 4.79 Å². The van der Waals surface area contributed by atoms with Crippen LogP contribution in [0.25, 0.3) is 0 Å². The lowest BCUT2D eigenvalue weighted by atomic mass is 9.93. The van der Waals surface area contributed by atoms with Crippen molar-refractivity contribution >= 4 is 27.5 Å². The molecule has 3 N–H and O–H groups in total. The second kappa shape index (κ2) is 8.39. The Bertz CT molecular complexity index is 473. The first-order valence-corrected chi connectivity index (χ1v) is 8.19. The van der Waals surface area contributed by atoms with Crippen LogP contribution in [0.2, 0.25) is 0 Å². The predicted molar refractivity (Wildman–Crippen MR) is 92.4 cm³/mol. The first-order chi connectivity index (χ1) is 9.90. The molecule has 1 aromatic rings. The second-order valence-corrected chi connectivity index (χ2v) is 6.41. The molecule has 0 saturated heterocycles. The smallest absolute Gasteiger partial charge is 0.251 e. The number of nitrogens with zero attached hydrogens (tertiary/aromatic N) is 1. The summed E-state index contributed by atoms with van der Waals surface area (Å²) in [5.41, 5.74) is 6.99. The molecule has 0 aromatic heterocycles. The summed E-state index contributed by atoms with van der Waals surface area (Å²) in [5, 5.41) is 3.02. The van der Waals surface area contributed by atoms with E-state index in [2.05, 4.69) is 54.1 Å². The Morgan fingerprint density at radius 2 is 1.95 bits per heavy atom. The lowest BCUT2D eigenvalue weighted by Gasteiger charge is -2.31. The molecule has 0 aliphatic rings. The maximum atomic E-state index is 12.2. The van der Waals surface area contributed by atoms with E-state index in [1.807, 2.05) is 0 Å². The van der Waals surface area contributed by atoms with Crippen molar-refractivity contribution in [2.24, 2.45) is 5.92 Å². The van der Waals surface area contributed by atoms with Gasteiger partial charge >= 0.3 is 0 Å². The van der Waals surface area contributed by atoms with Crippen molar-refractivity contribution in [3.05, 3.63) is 28.2 Å². The first-order valence-electron chi connectivity index (χ1n) is 7.40. The van der Waals surface area contributed by atoms with Crippen molar-refractivity contribution in [2.45, 2.75) is 32.7 Å². The highest BCUT2D eigenvalue weighted by molar-refractivity contribution is 9.10. The number of nitrogen functional groups attached to an aromatic ring is 1. The number of carbonyl (C=O) groups is 1. The minimum atomic E-state index is -0.0768. The Morgan fingerprint density at radius 1 is 1.33 bits per heavy atom. The molecule has 118 valence electrons. The van der Waals surface area contributed by atoms with E-state index in [-0.39, 0.29) is 5.91 Å². The summed E-state index contributed by atoms with van der Waals surface area (Å²) < 4.78 is 0.808. The maximum absolute atomic E-state index is 12.2. The summed E-state index contributed by atoms with van der Waals surface area (Å²) in [6.07, 6.45) is 2.22. The standard InChI is InChI=1S/C16H26BrN3O/c1-5-11(6-2)15(20(3)4)10-19-16(21)12-7-8-13(17)14(18)9-12/h7-9,11,15H,5-6,10,18H2,1-4H3,(H,19,21). The molecule has 5 heteroatoms. The number of nitrogens with one attached hydrogen (secondary N) is 1. The molecule has 0 bridgehead atoms. The zero-order valence-electron chi connectivity index (χ0n) is 13.3. The van der Waals surface area contributed by atoms with E-state index in [1.54, 1.807) is 18.2 Å². The van der Waals surface area contributed by atoms with Gasteiger partial charge < -0.3 is 16.0 Å². The van der Waals surface area contributed by atoms with Gasteiger partial charge in [0.15, 0.2) is 0 Å². The van der Waals surface area contributed by atoms with Gasteiger partial charge in [-0.25, -0.2) is 0 Å². The molecular formula is C16H26BrN3O. The number of rotatable bonds is 7. The number of nitrogens with two attached hydrogens (primary N) is 1. The van der Waals surface area contributed by atoms with Crippen molar-refractivity contribution in [1.82, 2.24) is 10.2 Å². The van der Waals surface area contributed by atoms with Gasteiger partial charge in [0, 0.05) is 28.3 Å². The number of hydrogen-bond donors (Lipinski definition) is 2. The summed E-state index contributed by atoms with van der Waals surface area (Å²) in [6.45, 7) is 5.04. The average molecular weight is 356 g/mol. The van der Waals surface area contributed by atoms with Gasteiger partial charge in [0.25, 0.3) is 5.91 Å². The fourth-order valence-electron chi connectivity index (χ4n) is 2.59. The molecule has 0 spiro atoms. The number of benzene rings is 1. The molecular weight excluding hydrogens is 330 g/mol. The average Bonchev–Trinajstić information content (AvgIpc) is 2.45. The normalized spacial score (nSPS) is 12.7. The van der Waals surface area contributed by atoms with Gasteiger partial charge in [-0.15, -0.1) is 0 Å². The summed E-state index contributed by atoms with van der Waals surface area (Å²) >= 11 is 3.33. The molecule has 1 atom stereocenters. The zero-order valence-corrected chi connectivity index (χ0v) is 14.9. The molecule has 0 heterocycles. The topological polar surface area (TPSA) is 58.4 Å². The minimum Gasteiger partial charge on any atom is -0.398 e. The van der Waals surface area contributed by atoms with Gasteiger partial charge in [-0.1, -0.05) is 26.7 Å². The Kier molecular flexibility index (Phi) is 7.18. The molecule has 1 rings (SSSR count). The summed E-state index contributed by atoms with van der Waals surface area (Å²) in [4.78, 5) is 14.4. The number of anilines is 1. The van der Waals surface area contributed by atoms with Crippen LogP contribution in [0.15, 0.2) is 22.7 Å². The van der Waals surface area contributed by atoms with Crippen LogP contribution in [0.5, 0.6) is 0 Å².